The first-order valence-corrected chi connectivity index (χ1v) is 2.81. The maximum absolute atomic E-state index is 10.6. The van der Waals surface area contributed by atoms with E-state index in [1.807, 2.05) is 0 Å². The van der Waals surface area contributed by atoms with Gasteiger partial charge in [-0.1, -0.05) is 6.58 Å². The second-order valence-electron chi connectivity index (χ2n) is 1.91. The molecule has 0 aliphatic heterocycles. The lowest BCUT2D eigenvalue weighted by Crippen LogP contribution is -2.77. The minimum absolute atomic E-state index is 0.0258. The normalized spacial score (nSPS) is 9.11. The molecule has 0 spiro atoms. The molecule has 0 atom stereocenters. The van der Waals surface area contributed by atoms with E-state index in [2.05, 4.69) is 6.58 Å². The SMILES string of the molecule is C=C(C)C(=O)CC[NH2+][O-]. The Morgan fingerprint density at radius 1 is 1.78 bits per heavy atom. The standard InChI is InChI=1S/C6H11NO2/c1-5(2)6(8)3-4-7-9/h1,3-4,7H2,2H3. The van der Waals surface area contributed by atoms with Gasteiger partial charge >= 0.3 is 0 Å². The molecule has 0 aromatic carbocycles. The number of hydrogen-bond donors (Lipinski definition) is 1. The minimum Gasteiger partial charge on any atom is -0.636 e. The van der Waals surface area contributed by atoms with Crippen LogP contribution in [0.25, 0.3) is 0 Å². The highest BCUT2D eigenvalue weighted by Gasteiger charge is 1.99. The smallest absolute Gasteiger partial charge is 0.163 e. The molecule has 0 fully saturated rings. The molecular formula is C6H11NO2. The summed E-state index contributed by atoms with van der Waals surface area (Å²) in [5.41, 5.74) is 1.26. The number of hydrogen-bond acceptors (Lipinski definition) is 2. The summed E-state index contributed by atoms with van der Waals surface area (Å²) in [7, 11) is 0. The van der Waals surface area contributed by atoms with Crippen molar-refractivity contribution in [1.82, 2.24) is 0 Å². The second-order valence-corrected chi connectivity index (χ2v) is 1.91. The number of nitrogens with two attached hydrogens (primary N) is 1. The summed E-state index contributed by atoms with van der Waals surface area (Å²) >= 11 is 0. The Hall–Kier alpha value is -0.670. The Labute approximate surface area is 54.3 Å². The van der Waals surface area contributed by atoms with Crippen LogP contribution in [0.1, 0.15) is 13.3 Å². The van der Waals surface area contributed by atoms with Crippen LogP contribution in [-0.4, -0.2) is 12.3 Å². The average Bonchev–Trinajstić information content (AvgIpc) is 1.82. The Kier molecular flexibility index (Phi) is 3.92. The summed E-state index contributed by atoms with van der Waals surface area (Å²) in [5, 5.41) is 9.75. The molecule has 0 rings (SSSR count). The Morgan fingerprint density at radius 3 is 2.67 bits per heavy atom. The van der Waals surface area contributed by atoms with Crippen molar-refractivity contribution in [3.8, 4) is 0 Å². The fraction of sp³-hybridized carbons (Fsp3) is 0.500. The van der Waals surface area contributed by atoms with Crippen LogP contribution in [0.4, 0.5) is 0 Å². The van der Waals surface area contributed by atoms with Gasteiger partial charge in [0.1, 0.15) is 0 Å². The molecule has 0 aromatic rings. The van der Waals surface area contributed by atoms with Gasteiger partial charge in [0.05, 0.1) is 13.0 Å². The van der Waals surface area contributed by atoms with Crippen LogP contribution in [0, 0.1) is 5.21 Å². The van der Waals surface area contributed by atoms with Crippen molar-refractivity contribution in [3.05, 3.63) is 17.4 Å². The maximum Gasteiger partial charge on any atom is 0.163 e. The molecule has 0 radical (unpaired) electrons. The van der Waals surface area contributed by atoms with Gasteiger partial charge in [0, 0.05) is 0 Å². The van der Waals surface area contributed by atoms with Gasteiger partial charge in [-0.25, -0.2) is 0 Å². The van der Waals surface area contributed by atoms with Crippen molar-refractivity contribution in [2.24, 2.45) is 0 Å². The summed E-state index contributed by atoms with van der Waals surface area (Å²) in [6.45, 7) is 5.40. The number of carbonyl (C=O) groups excluding carboxylic acids is 1. The summed E-state index contributed by atoms with van der Waals surface area (Å²) < 4.78 is 0. The first-order chi connectivity index (χ1) is 4.18. The summed E-state index contributed by atoms with van der Waals surface area (Å²) in [6.07, 6.45) is 0.304. The van der Waals surface area contributed by atoms with Crippen LogP contribution in [0.15, 0.2) is 12.2 Å². The van der Waals surface area contributed by atoms with Gasteiger partial charge < -0.3 is 10.7 Å². The first-order valence-electron chi connectivity index (χ1n) is 2.81. The van der Waals surface area contributed by atoms with Crippen molar-refractivity contribution < 1.29 is 10.3 Å². The highest BCUT2D eigenvalue weighted by molar-refractivity contribution is 5.94. The summed E-state index contributed by atoms with van der Waals surface area (Å²) in [4.78, 5) is 10.6. The fourth-order valence-electron chi connectivity index (χ4n) is 0.403. The van der Waals surface area contributed by atoms with Crippen LogP contribution < -0.4 is 5.48 Å². The predicted molar refractivity (Wildman–Crippen MR) is 34.6 cm³/mol. The van der Waals surface area contributed by atoms with Crippen molar-refractivity contribution in [1.29, 1.82) is 0 Å². The van der Waals surface area contributed by atoms with Crippen molar-refractivity contribution in [2.75, 3.05) is 6.54 Å². The van der Waals surface area contributed by atoms with E-state index < -0.39 is 0 Å². The van der Waals surface area contributed by atoms with E-state index >= 15 is 0 Å². The van der Waals surface area contributed by atoms with Gasteiger partial charge in [-0.05, 0) is 12.5 Å². The van der Waals surface area contributed by atoms with Gasteiger partial charge in [-0.3, -0.25) is 4.79 Å². The van der Waals surface area contributed by atoms with Crippen LogP contribution in [-0.2, 0) is 4.79 Å². The van der Waals surface area contributed by atoms with Crippen LogP contribution in [0.5, 0.6) is 0 Å². The molecule has 0 amide bonds. The molecule has 0 aliphatic carbocycles. The van der Waals surface area contributed by atoms with Gasteiger partial charge in [0.25, 0.3) is 0 Å². The number of carbonyl (C=O) groups is 1. The van der Waals surface area contributed by atoms with Crippen LogP contribution in [0.2, 0.25) is 0 Å². The van der Waals surface area contributed by atoms with E-state index in [1.165, 1.54) is 0 Å². The molecule has 2 N–H and O–H groups in total. The Balaban J connectivity index is 3.39. The quantitative estimate of drug-likeness (QED) is 0.414. The third kappa shape index (κ3) is 3.88. The summed E-state index contributed by atoms with van der Waals surface area (Å²) in [6, 6.07) is 0. The fourth-order valence-corrected chi connectivity index (χ4v) is 0.403. The van der Waals surface area contributed by atoms with Gasteiger partial charge in [-0.15, -0.1) is 0 Å². The molecule has 0 unspecified atom stereocenters. The highest BCUT2D eigenvalue weighted by Crippen LogP contribution is 1.91. The van der Waals surface area contributed by atoms with E-state index in [-0.39, 0.29) is 5.78 Å². The van der Waals surface area contributed by atoms with E-state index in [1.54, 1.807) is 6.92 Å². The second kappa shape index (κ2) is 4.23. The molecule has 0 saturated heterocycles. The topological polar surface area (TPSA) is 56.7 Å². The molecule has 0 bridgehead atoms. The Morgan fingerprint density at radius 2 is 2.33 bits per heavy atom. The van der Waals surface area contributed by atoms with E-state index in [0.29, 0.717) is 18.5 Å². The molecule has 0 aliphatic rings. The number of Topliss-reactive ketones (excluding diaryl/α,β-unsaturated/α-hetero) is 1. The number of allylic oxidation sites excluding steroid dienone is 1. The zero-order valence-electron chi connectivity index (χ0n) is 5.52. The Bertz CT molecular complexity index is 120. The zero-order valence-corrected chi connectivity index (χ0v) is 5.52. The van der Waals surface area contributed by atoms with E-state index in [4.69, 9.17) is 0 Å². The number of quaternary nitrogens is 1. The number of rotatable bonds is 4. The molecule has 52 valence electrons. The van der Waals surface area contributed by atoms with Gasteiger partial charge in [0.15, 0.2) is 5.78 Å². The summed E-state index contributed by atoms with van der Waals surface area (Å²) in [5.74, 6) is -0.0258. The lowest BCUT2D eigenvalue weighted by molar-refractivity contribution is -0.587. The lowest BCUT2D eigenvalue weighted by Gasteiger charge is -1.99. The largest absolute Gasteiger partial charge is 0.636 e. The highest BCUT2D eigenvalue weighted by atomic mass is 16.5. The van der Waals surface area contributed by atoms with Crippen LogP contribution in [0.3, 0.4) is 0 Å². The predicted octanol–water partition coefficient (Wildman–Crippen LogP) is -0.417. The number of hydroxylamine groups is 1. The molecular weight excluding hydrogens is 118 g/mol. The molecule has 3 heteroatoms. The third-order valence-electron chi connectivity index (χ3n) is 0.965. The zero-order chi connectivity index (χ0) is 7.28. The van der Waals surface area contributed by atoms with Crippen molar-refractivity contribution in [2.45, 2.75) is 13.3 Å². The average molecular weight is 129 g/mol. The maximum atomic E-state index is 10.6. The molecule has 0 heterocycles. The van der Waals surface area contributed by atoms with Gasteiger partial charge in [-0.2, -0.15) is 0 Å². The van der Waals surface area contributed by atoms with Crippen molar-refractivity contribution >= 4 is 5.78 Å². The molecule has 0 saturated carbocycles. The molecule has 9 heavy (non-hydrogen) atoms. The van der Waals surface area contributed by atoms with E-state index in [0.717, 1.165) is 5.48 Å². The van der Waals surface area contributed by atoms with Crippen LogP contribution >= 0.6 is 0 Å². The van der Waals surface area contributed by atoms with Crippen molar-refractivity contribution in [3.63, 3.8) is 0 Å². The molecule has 0 aromatic heterocycles. The monoisotopic (exact) mass is 129 g/mol. The lowest BCUT2D eigenvalue weighted by atomic mass is 10.2. The molecule has 3 nitrogen and oxygen atoms in total. The number of ketones is 1. The van der Waals surface area contributed by atoms with Gasteiger partial charge in [0.2, 0.25) is 0 Å². The minimum atomic E-state index is -0.0258. The first kappa shape index (κ1) is 8.33. The van der Waals surface area contributed by atoms with E-state index in [9.17, 15) is 10.0 Å². The third-order valence-corrected chi connectivity index (χ3v) is 0.965.